The Morgan fingerprint density at radius 2 is 2.05 bits per heavy atom. The van der Waals surface area contributed by atoms with Gasteiger partial charge in [-0.1, -0.05) is 0 Å². The molecule has 1 unspecified atom stereocenters. The molecule has 3 N–H and O–H groups in total. The Balaban J connectivity index is 1.26. The minimum atomic E-state index is -3.38. The normalized spacial score (nSPS) is 20.7. The number of benzene rings is 2. The number of anilines is 3. The second-order valence-corrected chi connectivity index (χ2v) is 10.3. The Labute approximate surface area is 246 Å². The number of likely N-dealkylation sites (tertiary alicyclic amines) is 1. The summed E-state index contributed by atoms with van der Waals surface area (Å²) in [4.78, 5) is 27.8. The molecule has 1 amide bonds. The Bertz CT molecular complexity index is 1480. The Morgan fingerprint density at radius 1 is 1.26 bits per heavy atom. The number of alkyl halides is 2. The first-order chi connectivity index (χ1) is 20.7. The first-order valence-corrected chi connectivity index (χ1v) is 13.8. The van der Waals surface area contributed by atoms with Gasteiger partial charge in [0.15, 0.2) is 11.9 Å². The lowest BCUT2D eigenvalue weighted by molar-refractivity contribution is -0.165. The van der Waals surface area contributed by atoms with Crippen LogP contribution in [0, 0.1) is 11.3 Å². The quantitative estimate of drug-likeness (QED) is 0.351. The number of carbonyl (C=O) groups excluding carboxylic acids is 1. The molecule has 2 fully saturated rings. The van der Waals surface area contributed by atoms with Crippen molar-refractivity contribution in [1.29, 1.82) is 5.26 Å². The van der Waals surface area contributed by atoms with Gasteiger partial charge in [0.2, 0.25) is 5.95 Å². The number of aliphatic hydroxyl groups excluding tert-OH is 2. The molecule has 0 saturated carbocycles. The summed E-state index contributed by atoms with van der Waals surface area (Å²) < 4.78 is 40.8. The second-order valence-electron chi connectivity index (χ2n) is 10.3. The van der Waals surface area contributed by atoms with Crippen molar-refractivity contribution in [1.82, 2.24) is 19.9 Å². The molecular formula is C29H31F2N7O5. The zero-order valence-corrected chi connectivity index (χ0v) is 23.4. The lowest BCUT2D eigenvalue weighted by atomic mass is 10.0. The molecule has 0 bridgehead atoms. The van der Waals surface area contributed by atoms with Crippen LogP contribution in [0.25, 0.3) is 11.4 Å². The van der Waals surface area contributed by atoms with Crippen LogP contribution in [0.15, 0.2) is 48.8 Å². The van der Waals surface area contributed by atoms with E-state index in [1.54, 1.807) is 6.07 Å². The highest BCUT2D eigenvalue weighted by Crippen LogP contribution is 2.34. The highest BCUT2D eigenvalue weighted by molar-refractivity contribution is 5.80. The number of hydrogen-bond donors (Lipinski definition) is 3. The molecule has 3 atom stereocenters. The molecule has 0 spiro atoms. The first kappa shape index (κ1) is 30.0. The molecule has 0 radical (unpaired) electrons. The van der Waals surface area contributed by atoms with Crippen molar-refractivity contribution in [2.45, 2.75) is 37.6 Å². The maximum absolute atomic E-state index is 14.8. The number of hydrogen-bond acceptors (Lipinski definition) is 11. The summed E-state index contributed by atoms with van der Waals surface area (Å²) in [6.07, 6.45) is -2.00. The number of aliphatic hydroxyl groups is 2. The van der Waals surface area contributed by atoms with Crippen molar-refractivity contribution >= 4 is 23.2 Å². The summed E-state index contributed by atoms with van der Waals surface area (Å²) in [6.45, 7) is 2.16. The monoisotopic (exact) mass is 595 g/mol. The maximum atomic E-state index is 14.8. The summed E-state index contributed by atoms with van der Waals surface area (Å²) in [6, 6.07) is 14.1. The van der Waals surface area contributed by atoms with Crippen LogP contribution in [-0.4, -0.2) is 99.6 Å². The van der Waals surface area contributed by atoms with E-state index >= 15 is 0 Å². The number of ether oxygens (including phenoxy) is 2. The molecule has 2 saturated heterocycles. The zero-order chi connectivity index (χ0) is 30.6. The third kappa shape index (κ3) is 6.96. The number of nitrogens with zero attached hydrogens (tertiary/aromatic N) is 6. The van der Waals surface area contributed by atoms with Crippen molar-refractivity contribution in [2.24, 2.45) is 0 Å². The smallest absolute Gasteiger partial charge is 0.301 e. The third-order valence-corrected chi connectivity index (χ3v) is 7.23. The Kier molecular flexibility index (Phi) is 8.95. The van der Waals surface area contributed by atoms with Gasteiger partial charge in [0.25, 0.3) is 5.91 Å². The van der Waals surface area contributed by atoms with Gasteiger partial charge in [-0.05, 0) is 49.4 Å². The Morgan fingerprint density at radius 3 is 2.74 bits per heavy atom. The number of rotatable bonds is 8. The summed E-state index contributed by atoms with van der Waals surface area (Å²) in [5.74, 6) is -3.65. The van der Waals surface area contributed by atoms with E-state index in [4.69, 9.17) is 9.47 Å². The molecule has 12 nitrogen and oxygen atoms in total. The number of carbonyl (C=O) groups is 1. The molecule has 14 heteroatoms. The van der Waals surface area contributed by atoms with Gasteiger partial charge in [-0.25, -0.2) is 18.7 Å². The van der Waals surface area contributed by atoms with Gasteiger partial charge in [-0.15, -0.1) is 0 Å². The van der Waals surface area contributed by atoms with Gasteiger partial charge in [0.05, 0.1) is 31.4 Å². The minimum Gasteiger partial charge on any atom is -0.483 e. The van der Waals surface area contributed by atoms with Crippen LogP contribution in [0.2, 0.25) is 0 Å². The third-order valence-electron chi connectivity index (χ3n) is 7.23. The molecular weight excluding hydrogens is 564 g/mol. The standard InChI is InChI=1S/C29H31F2N7O5/c1-18(40)27(41)38-9-8-25(29(30,31)16-38)43-24-7-2-19(12-20(24)13-32)26-33-17-34-28(36-26)35-21-3-5-22(6-4-21)37-10-11-42-23(14-37)15-39/h2-7,12,17-18,23,25,39-40H,8-11,14-16H2,1H3,(H,33,34,35,36)/t18?,23-,25+/m1/s1. The van der Waals surface area contributed by atoms with E-state index < -0.39 is 30.6 Å². The van der Waals surface area contributed by atoms with Crippen molar-refractivity contribution in [3.8, 4) is 23.2 Å². The number of aromatic nitrogens is 3. The molecule has 2 aliphatic rings. The van der Waals surface area contributed by atoms with Crippen molar-refractivity contribution in [3.05, 3.63) is 54.4 Å². The van der Waals surface area contributed by atoms with Gasteiger partial charge < -0.3 is 34.8 Å². The zero-order valence-electron chi connectivity index (χ0n) is 23.4. The number of morpholine rings is 1. The van der Waals surface area contributed by atoms with E-state index in [-0.39, 0.29) is 48.8 Å². The van der Waals surface area contributed by atoms with Gasteiger partial charge in [-0.2, -0.15) is 10.2 Å². The van der Waals surface area contributed by atoms with Crippen molar-refractivity contribution in [2.75, 3.05) is 49.6 Å². The average Bonchev–Trinajstić information content (AvgIpc) is 3.02. The first-order valence-electron chi connectivity index (χ1n) is 13.8. The maximum Gasteiger partial charge on any atom is 0.301 e. The molecule has 3 heterocycles. The number of nitriles is 1. The molecule has 43 heavy (non-hydrogen) atoms. The molecule has 3 aromatic rings. The van der Waals surface area contributed by atoms with Gasteiger partial charge in [-0.3, -0.25) is 4.79 Å². The predicted octanol–water partition coefficient (Wildman–Crippen LogP) is 2.35. The lowest BCUT2D eigenvalue weighted by Gasteiger charge is -2.38. The molecule has 2 aliphatic heterocycles. The van der Waals surface area contributed by atoms with Gasteiger partial charge in [0.1, 0.15) is 24.3 Å². The van der Waals surface area contributed by atoms with Gasteiger partial charge >= 0.3 is 5.92 Å². The van der Waals surface area contributed by atoms with Crippen molar-refractivity contribution < 1.29 is 33.3 Å². The lowest BCUT2D eigenvalue weighted by Crippen LogP contribution is -2.56. The molecule has 1 aromatic heterocycles. The average molecular weight is 596 g/mol. The second kappa shape index (κ2) is 12.8. The van der Waals surface area contributed by atoms with E-state index in [1.165, 1.54) is 25.4 Å². The van der Waals surface area contributed by atoms with Crippen LogP contribution in [-0.2, 0) is 9.53 Å². The highest BCUT2D eigenvalue weighted by Gasteiger charge is 2.48. The summed E-state index contributed by atoms with van der Waals surface area (Å²) in [7, 11) is 0. The van der Waals surface area contributed by atoms with Crippen molar-refractivity contribution in [3.63, 3.8) is 0 Å². The van der Waals surface area contributed by atoms with E-state index in [0.717, 1.165) is 22.8 Å². The van der Waals surface area contributed by atoms with Gasteiger partial charge in [0, 0.05) is 43.0 Å². The number of piperidine rings is 1. The van der Waals surface area contributed by atoms with Crippen LogP contribution >= 0.6 is 0 Å². The molecule has 0 aliphatic carbocycles. The number of nitrogens with one attached hydrogen (secondary N) is 1. The van der Waals surface area contributed by atoms with Crippen LogP contribution < -0.4 is 15.0 Å². The SMILES string of the molecule is CC(O)C(=O)N1CC[C@H](Oc2ccc(-c3ncnc(Nc4ccc(N5CCO[C@@H](CO)C5)cc4)n3)cc2C#N)C(F)(F)C1. The fraction of sp³-hybridized carbons (Fsp3) is 0.414. The topological polar surface area (TPSA) is 157 Å². The van der Waals surface area contributed by atoms with E-state index in [0.29, 0.717) is 18.7 Å². The fourth-order valence-corrected chi connectivity index (χ4v) is 4.97. The van der Waals surface area contributed by atoms with Crippen LogP contribution in [0.4, 0.5) is 26.1 Å². The van der Waals surface area contributed by atoms with Crippen LogP contribution in [0.5, 0.6) is 5.75 Å². The van der Waals surface area contributed by atoms with E-state index in [2.05, 4.69) is 25.2 Å². The number of amides is 1. The predicted molar refractivity (Wildman–Crippen MR) is 151 cm³/mol. The summed E-state index contributed by atoms with van der Waals surface area (Å²) >= 11 is 0. The van der Waals surface area contributed by atoms with E-state index in [1.807, 2.05) is 30.3 Å². The Hall–Kier alpha value is -4.45. The van der Waals surface area contributed by atoms with Crippen LogP contribution in [0.3, 0.4) is 0 Å². The summed E-state index contributed by atoms with van der Waals surface area (Å²) in [5, 5.41) is 31.7. The fourth-order valence-electron chi connectivity index (χ4n) is 4.97. The minimum absolute atomic E-state index is 0.00921. The van der Waals surface area contributed by atoms with E-state index in [9.17, 15) is 29.1 Å². The molecule has 2 aromatic carbocycles. The highest BCUT2D eigenvalue weighted by atomic mass is 19.3. The summed E-state index contributed by atoms with van der Waals surface area (Å²) in [5.41, 5.74) is 2.20. The molecule has 226 valence electrons. The molecule has 5 rings (SSSR count). The number of halogens is 2. The van der Waals surface area contributed by atoms with Crippen LogP contribution in [0.1, 0.15) is 18.9 Å². The largest absolute Gasteiger partial charge is 0.483 e.